The largest absolute Gasteiger partial charge is 0.356 e. The highest BCUT2D eigenvalue weighted by molar-refractivity contribution is 6.32. The van der Waals surface area contributed by atoms with Gasteiger partial charge in [-0.3, -0.25) is 0 Å². The van der Waals surface area contributed by atoms with Crippen molar-refractivity contribution in [3.63, 3.8) is 0 Å². The number of nitrogens with zero attached hydrogens (tertiary/aromatic N) is 3. The summed E-state index contributed by atoms with van der Waals surface area (Å²) in [6.45, 7) is 4.74. The predicted molar refractivity (Wildman–Crippen MR) is 80.8 cm³/mol. The van der Waals surface area contributed by atoms with Crippen LogP contribution in [0.2, 0.25) is 5.02 Å². The highest BCUT2D eigenvalue weighted by atomic mass is 35.5. The number of halogens is 1. The average Bonchev–Trinajstić information content (AvgIpc) is 2.41. The van der Waals surface area contributed by atoms with Crippen molar-refractivity contribution in [3.05, 3.63) is 45.6 Å². The molecule has 0 aliphatic heterocycles. The van der Waals surface area contributed by atoms with Crippen LogP contribution in [0, 0.1) is 6.92 Å². The van der Waals surface area contributed by atoms with Crippen molar-refractivity contribution in [1.29, 1.82) is 0 Å². The number of unbranched alkanes of at least 4 members (excludes halogenated alkanes) is 1. The van der Waals surface area contributed by atoms with E-state index in [0.717, 1.165) is 24.9 Å². The molecule has 0 radical (unpaired) electrons. The van der Waals surface area contributed by atoms with Crippen LogP contribution in [0.15, 0.2) is 29.3 Å². The minimum Gasteiger partial charge on any atom is -0.354 e. The van der Waals surface area contributed by atoms with Gasteiger partial charge in [-0.15, -0.1) is 0 Å². The molecule has 0 saturated heterocycles. The third-order valence-electron chi connectivity index (χ3n) is 2.95. The lowest BCUT2D eigenvalue weighted by atomic mass is 10.2. The topological polar surface area (TPSA) is 59.8 Å². The third-order valence-corrected chi connectivity index (χ3v) is 3.25. The Balaban J connectivity index is 2.33. The predicted octanol–water partition coefficient (Wildman–Crippen LogP) is 2.80. The second kappa shape index (κ2) is 6.52. The fourth-order valence-electron chi connectivity index (χ4n) is 1.88. The zero-order valence-corrected chi connectivity index (χ0v) is 12.3. The van der Waals surface area contributed by atoms with Gasteiger partial charge in [-0.25, -0.2) is 14.3 Å². The van der Waals surface area contributed by atoms with E-state index in [1.807, 2.05) is 19.1 Å². The van der Waals surface area contributed by atoms with Gasteiger partial charge in [-0.1, -0.05) is 37.1 Å². The van der Waals surface area contributed by atoms with Gasteiger partial charge in [0, 0.05) is 6.54 Å². The summed E-state index contributed by atoms with van der Waals surface area (Å²) >= 11 is 6.15. The maximum atomic E-state index is 12.1. The van der Waals surface area contributed by atoms with Crippen molar-refractivity contribution >= 4 is 17.5 Å². The Bertz CT molecular complexity index is 634. The fraction of sp³-hybridized carbons (Fsp3) is 0.357. The lowest BCUT2D eigenvalue weighted by Crippen LogP contribution is -2.24. The van der Waals surface area contributed by atoms with E-state index in [9.17, 15) is 4.79 Å². The molecule has 1 N–H and O–H groups in total. The van der Waals surface area contributed by atoms with Crippen LogP contribution in [0.1, 0.15) is 25.3 Å². The van der Waals surface area contributed by atoms with Crippen LogP contribution < -0.4 is 11.0 Å². The number of anilines is 1. The number of nitrogens with one attached hydrogen (secondary N) is 1. The van der Waals surface area contributed by atoms with Gasteiger partial charge in [-0.2, -0.15) is 4.98 Å². The molecule has 106 valence electrons. The van der Waals surface area contributed by atoms with Crippen LogP contribution in [0.3, 0.4) is 0 Å². The van der Waals surface area contributed by atoms with E-state index in [2.05, 4.69) is 22.2 Å². The summed E-state index contributed by atoms with van der Waals surface area (Å²) in [5.74, 6) is 0.351. The Kier molecular flexibility index (Phi) is 4.74. The zero-order chi connectivity index (χ0) is 14.5. The van der Waals surface area contributed by atoms with Crippen LogP contribution >= 0.6 is 11.6 Å². The molecule has 6 heteroatoms. The number of benzene rings is 1. The Morgan fingerprint density at radius 3 is 2.85 bits per heavy atom. The number of para-hydroxylation sites is 1. The molecule has 0 saturated carbocycles. The molecule has 0 spiro atoms. The van der Waals surface area contributed by atoms with Crippen LogP contribution in [0.25, 0.3) is 5.69 Å². The van der Waals surface area contributed by atoms with Crippen molar-refractivity contribution in [3.8, 4) is 5.69 Å². The van der Waals surface area contributed by atoms with Gasteiger partial charge in [0.05, 0.1) is 10.7 Å². The Morgan fingerprint density at radius 1 is 1.40 bits per heavy atom. The quantitative estimate of drug-likeness (QED) is 0.861. The summed E-state index contributed by atoms with van der Waals surface area (Å²) in [5, 5.41) is 3.53. The molecule has 2 aromatic rings. The summed E-state index contributed by atoms with van der Waals surface area (Å²) < 4.78 is 1.36. The first-order valence-electron chi connectivity index (χ1n) is 6.58. The first-order valence-corrected chi connectivity index (χ1v) is 6.96. The number of hydrogen-bond acceptors (Lipinski definition) is 4. The van der Waals surface area contributed by atoms with Crippen molar-refractivity contribution in [2.75, 3.05) is 11.9 Å². The summed E-state index contributed by atoms with van der Waals surface area (Å²) in [5.41, 5.74) is 1.13. The lowest BCUT2D eigenvalue weighted by Gasteiger charge is -2.10. The zero-order valence-electron chi connectivity index (χ0n) is 11.6. The summed E-state index contributed by atoms with van der Waals surface area (Å²) in [6, 6.07) is 5.47. The number of aromatic nitrogens is 3. The molecule has 0 unspecified atom stereocenters. The van der Waals surface area contributed by atoms with E-state index in [1.54, 1.807) is 6.07 Å². The highest BCUT2D eigenvalue weighted by Crippen LogP contribution is 2.22. The van der Waals surface area contributed by atoms with Gasteiger partial charge in [0.2, 0.25) is 5.95 Å². The molecule has 0 aliphatic rings. The van der Waals surface area contributed by atoms with Gasteiger partial charge < -0.3 is 5.32 Å². The van der Waals surface area contributed by atoms with E-state index in [-0.39, 0.29) is 0 Å². The molecule has 1 aromatic heterocycles. The van der Waals surface area contributed by atoms with Crippen LogP contribution in [0.4, 0.5) is 5.95 Å². The molecule has 20 heavy (non-hydrogen) atoms. The van der Waals surface area contributed by atoms with Gasteiger partial charge >= 0.3 is 5.69 Å². The molecule has 0 fully saturated rings. The minimum absolute atomic E-state index is 0.351. The van der Waals surface area contributed by atoms with E-state index < -0.39 is 5.69 Å². The van der Waals surface area contributed by atoms with Gasteiger partial charge in [0.25, 0.3) is 0 Å². The second-order valence-electron chi connectivity index (χ2n) is 4.52. The van der Waals surface area contributed by atoms with Gasteiger partial charge in [0.15, 0.2) is 0 Å². The van der Waals surface area contributed by atoms with Crippen molar-refractivity contribution in [2.24, 2.45) is 0 Å². The highest BCUT2D eigenvalue weighted by Gasteiger charge is 2.09. The molecule has 0 aliphatic carbocycles. The van der Waals surface area contributed by atoms with Crippen LogP contribution in [-0.4, -0.2) is 21.1 Å². The number of hydrogen-bond donors (Lipinski definition) is 1. The molecule has 0 atom stereocenters. The molecule has 1 heterocycles. The Labute approximate surface area is 122 Å². The first kappa shape index (κ1) is 14.5. The maximum absolute atomic E-state index is 12.1. The second-order valence-corrected chi connectivity index (χ2v) is 4.93. The average molecular weight is 293 g/mol. The minimum atomic E-state index is -0.393. The first-order chi connectivity index (χ1) is 9.63. The molecule has 1 aromatic carbocycles. The Hall–Kier alpha value is -1.88. The molecular formula is C14H17ClN4O. The number of aryl methyl sites for hydroxylation is 1. The summed E-state index contributed by atoms with van der Waals surface area (Å²) in [4.78, 5) is 20.2. The summed E-state index contributed by atoms with van der Waals surface area (Å²) in [7, 11) is 0. The third kappa shape index (κ3) is 3.17. The Morgan fingerprint density at radius 2 is 2.20 bits per heavy atom. The smallest absolute Gasteiger partial charge is 0.354 e. The van der Waals surface area contributed by atoms with E-state index in [4.69, 9.17) is 11.6 Å². The molecule has 2 rings (SSSR count). The standard InChI is InChI=1S/C14H17ClN4O/c1-3-4-8-16-13-17-9-19(14(20)18-13)12-10(2)6-5-7-11(12)15/h5-7,9H,3-4,8H2,1-2H3,(H,16,18,20). The molecule has 0 amide bonds. The monoisotopic (exact) mass is 292 g/mol. The molecule has 5 nitrogen and oxygen atoms in total. The fourth-order valence-corrected chi connectivity index (χ4v) is 2.19. The normalized spacial score (nSPS) is 10.6. The van der Waals surface area contributed by atoms with Gasteiger partial charge in [0.1, 0.15) is 6.33 Å². The van der Waals surface area contributed by atoms with E-state index in [0.29, 0.717) is 16.7 Å². The lowest BCUT2D eigenvalue weighted by molar-refractivity contribution is 0.807. The van der Waals surface area contributed by atoms with Crippen LogP contribution in [0.5, 0.6) is 0 Å². The SMILES string of the molecule is CCCCNc1ncn(-c2c(C)cccc2Cl)c(=O)n1. The molecular weight excluding hydrogens is 276 g/mol. The van der Waals surface area contributed by atoms with Crippen molar-refractivity contribution in [1.82, 2.24) is 14.5 Å². The van der Waals surface area contributed by atoms with E-state index in [1.165, 1.54) is 10.9 Å². The molecule has 0 bridgehead atoms. The van der Waals surface area contributed by atoms with E-state index >= 15 is 0 Å². The maximum Gasteiger partial charge on any atom is 0.356 e. The van der Waals surface area contributed by atoms with Crippen LogP contribution in [-0.2, 0) is 0 Å². The van der Waals surface area contributed by atoms with Gasteiger partial charge in [-0.05, 0) is 25.0 Å². The summed E-state index contributed by atoms with van der Waals surface area (Å²) in [6.07, 6.45) is 3.54. The van der Waals surface area contributed by atoms with Crippen molar-refractivity contribution < 1.29 is 0 Å². The number of rotatable bonds is 5. The van der Waals surface area contributed by atoms with Crippen molar-refractivity contribution in [2.45, 2.75) is 26.7 Å².